The number of carbonyl (C=O) groups excluding carboxylic acids is 1. The lowest BCUT2D eigenvalue weighted by Crippen LogP contribution is -2.34. The molecule has 0 bridgehead atoms. The molecule has 0 fully saturated rings. The zero-order chi connectivity index (χ0) is 25.4. The van der Waals surface area contributed by atoms with E-state index in [1.807, 2.05) is 54.6 Å². The fourth-order valence-corrected chi connectivity index (χ4v) is 5.35. The van der Waals surface area contributed by atoms with E-state index < -0.39 is 10.0 Å². The van der Waals surface area contributed by atoms with Crippen molar-refractivity contribution in [3.8, 4) is 5.75 Å². The van der Waals surface area contributed by atoms with Gasteiger partial charge in [-0.25, -0.2) is 8.42 Å². The third kappa shape index (κ3) is 5.93. The van der Waals surface area contributed by atoms with Crippen LogP contribution in [0.2, 0.25) is 0 Å². The molecule has 0 aliphatic rings. The Balaban J connectivity index is 1.61. The minimum absolute atomic E-state index is 0.0915. The van der Waals surface area contributed by atoms with Crippen LogP contribution in [0.4, 0.5) is 5.69 Å². The average molecular weight is 501 g/mol. The lowest BCUT2D eigenvalue weighted by molar-refractivity contribution is 0.0954. The third-order valence-corrected chi connectivity index (χ3v) is 7.55. The van der Waals surface area contributed by atoms with Crippen molar-refractivity contribution in [1.29, 1.82) is 0 Å². The van der Waals surface area contributed by atoms with Gasteiger partial charge in [-0.1, -0.05) is 72.8 Å². The zero-order valence-electron chi connectivity index (χ0n) is 20.0. The molecule has 0 aliphatic heterocycles. The van der Waals surface area contributed by atoms with Crippen LogP contribution in [0.15, 0.2) is 114 Å². The maximum atomic E-state index is 13.7. The first-order valence-electron chi connectivity index (χ1n) is 11.6. The van der Waals surface area contributed by atoms with Crippen molar-refractivity contribution in [2.24, 2.45) is 0 Å². The van der Waals surface area contributed by atoms with Crippen LogP contribution in [-0.2, 0) is 23.0 Å². The fourth-order valence-electron chi connectivity index (χ4n) is 3.86. The van der Waals surface area contributed by atoms with Crippen LogP contribution in [0.25, 0.3) is 0 Å². The van der Waals surface area contributed by atoms with Crippen molar-refractivity contribution >= 4 is 21.6 Å². The van der Waals surface area contributed by atoms with Gasteiger partial charge in [-0.05, 0) is 53.9 Å². The molecule has 0 atom stereocenters. The monoisotopic (exact) mass is 500 g/mol. The third-order valence-electron chi connectivity index (χ3n) is 5.78. The van der Waals surface area contributed by atoms with E-state index in [9.17, 15) is 13.2 Å². The highest BCUT2D eigenvalue weighted by atomic mass is 32.2. The maximum Gasteiger partial charge on any atom is 0.264 e. The lowest BCUT2D eigenvalue weighted by Gasteiger charge is -2.26. The van der Waals surface area contributed by atoms with Crippen LogP contribution in [0, 0.1) is 0 Å². The number of amides is 1. The summed E-state index contributed by atoms with van der Waals surface area (Å²) in [7, 11) is -2.32. The van der Waals surface area contributed by atoms with Crippen LogP contribution in [0.1, 0.15) is 21.5 Å². The molecule has 0 radical (unpaired) electrons. The molecular formula is C29H28N2O4S. The summed E-state index contributed by atoms with van der Waals surface area (Å²) in [6, 6.07) is 32.0. The summed E-state index contributed by atoms with van der Waals surface area (Å²) in [5.74, 6) is 0.440. The first-order valence-corrected chi connectivity index (χ1v) is 13.0. The van der Waals surface area contributed by atoms with Crippen molar-refractivity contribution in [3.05, 3.63) is 126 Å². The number of hydrogen-bond donors (Lipinski definition) is 1. The molecule has 0 aliphatic carbocycles. The molecule has 0 spiro atoms. The molecule has 184 valence electrons. The summed E-state index contributed by atoms with van der Waals surface area (Å²) >= 11 is 0. The Bertz CT molecular complexity index is 1390. The average Bonchev–Trinajstić information content (AvgIpc) is 2.93. The second kappa shape index (κ2) is 11.6. The Morgan fingerprint density at radius 3 is 2.06 bits per heavy atom. The molecule has 4 aromatic rings. The van der Waals surface area contributed by atoms with E-state index in [2.05, 4.69) is 5.32 Å². The van der Waals surface area contributed by atoms with E-state index >= 15 is 0 Å². The van der Waals surface area contributed by atoms with E-state index in [0.29, 0.717) is 24.2 Å². The van der Waals surface area contributed by atoms with Crippen LogP contribution in [0.5, 0.6) is 5.75 Å². The summed E-state index contributed by atoms with van der Waals surface area (Å²) in [5, 5.41) is 2.93. The number of benzene rings is 4. The van der Waals surface area contributed by atoms with E-state index in [1.54, 1.807) is 61.7 Å². The number of para-hydroxylation sites is 1. The highest BCUT2D eigenvalue weighted by Gasteiger charge is 2.28. The number of rotatable bonds is 10. The second-order valence-electron chi connectivity index (χ2n) is 8.18. The minimum atomic E-state index is -3.94. The van der Waals surface area contributed by atoms with Gasteiger partial charge in [0.15, 0.2) is 0 Å². The van der Waals surface area contributed by atoms with Crippen LogP contribution in [-0.4, -0.2) is 28.0 Å². The minimum Gasteiger partial charge on any atom is -0.497 e. The van der Waals surface area contributed by atoms with Gasteiger partial charge < -0.3 is 10.1 Å². The van der Waals surface area contributed by atoms with Crippen LogP contribution >= 0.6 is 0 Å². The molecule has 7 heteroatoms. The highest BCUT2D eigenvalue weighted by Crippen LogP contribution is 2.29. The Morgan fingerprint density at radius 2 is 1.39 bits per heavy atom. The van der Waals surface area contributed by atoms with Gasteiger partial charge in [0, 0.05) is 6.54 Å². The SMILES string of the molecule is COc1ccc(CCNC(=O)c2ccccc2N(Cc2ccccc2)S(=O)(=O)c2ccccc2)cc1. The smallest absolute Gasteiger partial charge is 0.264 e. The Labute approximate surface area is 212 Å². The Kier molecular flexibility index (Phi) is 8.02. The molecule has 1 N–H and O–H groups in total. The van der Waals surface area contributed by atoms with Crippen LogP contribution < -0.4 is 14.4 Å². The van der Waals surface area contributed by atoms with Gasteiger partial charge in [0.05, 0.1) is 29.8 Å². The van der Waals surface area contributed by atoms with Gasteiger partial charge in [-0.15, -0.1) is 0 Å². The van der Waals surface area contributed by atoms with Gasteiger partial charge >= 0.3 is 0 Å². The van der Waals surface area contributed by atoms with Crippen molar-refractivity contribution in [1.82, 2.24) is 5.32 Å². The number of ether oxygens (including phenoxy) is 1. The predicted molar refractivity (Wildman–Crippen MR) is 142 cm³/mol. The van der Waals surface area contributed by atoms with Crippen LogP contribution in [0.3, 0.4) is 0 Å². The van der Waals surface area contributed by atoms with Gasteiger partial charge in [0.1, 0.15) is 5.75 Å². The summed E-state index contributed by atoms with van der Waals surface area (Å²) in [5.41, 5.74) is 2.49. The normalized spacial score (nSPS) is 11.0. The number of sulfonamides is 1. The molecular weight excluding hydrogens is 472 g/mol. The molecule has 0 aromatic heterocycles. The van der Waals surface area contributed by atoms with E-state index in [0.717, 1.165) is 16.9 Å². The highest BCUT2D eigenvalue weighted by molar-refractivity contribution is 7.92. The maximum absolute atomic E-state index is 13.7. The summed E-state index contributed by atoms with van der Waals surface area (Å²) in [6.45, 7) is 0.498. The first-order chi connectivity index (χ1) is 17.5. The molecule has 0 saturated heterocycles. The van der Waals surface area contributed by atoms with Crippen molar-refractivity contribution in [2.45, 2.75) is 17.9 Å². The van der Waals surface area contributed by atoms with E-state index in [4.69, 9.17) is 4.74 Å². The van der Waals surface area contributed by atoms with Gasteiger partial charge in [-0.2, -0.15) is 0 Å². The number of methoxy groups -OCH3 is 1. The largest absolute Gasteiger partial charge is 0.497 e. The Morgan fingerprint density at radius 1 is 0.778 bits per heavy atom. The standard InChI is InChI=1S/C29H28N2O4S/c1-35-25-18-16-23(17-19-25)20-21-30-29(32)27-14-8-9-15-28(27)31(22-24-10-4-2-5-11-24)36(33,34)26-12-6-3-7-13-26/h2-19H,20-22H2,1H3,(H,30,32). The van der Waals surface area contributed by atoms with Gasteiger partial charge in [0.25, 0.3) is 15.9 Å². The second-order valence-corrected chi connectivity index (χ2v) is 10.0. The molecule has 4 aromatic carbocycles. The quantitative estimate of drug-likeness (QED) is 0.330. The molecule has 0 saturated carbocycles. The van der Waals surface area contributed by atoms with Gasteiger partial charge in [-0.3, -0.25) is 9.10 Å². The number of anilines is 1. The van der Waals surface area contributed by atoms with Gasteiger partial charge in [0.2, 0.25) is 0 Å². The van der Waals surface area contributed by atoms with Crippen molar-refractivity contribution < 1.29 is 17.9 Å². The zero-order valence-corrected chi connectivity index (χ0v) is 20.8. The summed E-state index contributed by atoms with van der Waals surface area (Å²) in [6.07, 6.45) is 0.633. The van der Waals surface area contributed by atoms with E-state index in [-0.39, 0.29) is 17.3 Å². The topological polar surface area (TPSA) is 75.7 Å². The van der Waals surface area contributed by atoms with E-state index in [1.165, 1.54) is 4.31 Å². The van der Waals surface area contributed by atoms with Crippen molar-refractivity contribution in [3.63, 3.8) is 0 Å². The summed E-state index contributed by atoms with van der Waals surface area (Å²) < 4.78 is 34.0. The molecule has 1 amide bonds. The molecule has 6 nitrogen and oxygen atoms in total. The summed E-state index contributed by atoms with van der Waals surface area (Å²) in [4.78, 5) is 13.4. The van der Waals surface area contributed by atoms with Crippen molar-refractivity contribution in [2.75, 3.05) is 18.0 Å². The lowest BCUT2D eigenvalue weighted by atomic mass is 10.1. The number of hydrogen-bond acceptors (Lipinski definition) is 4. The molecule has 0 unspecified atom stereocenters. The number of nitrogens with zero attached hydrogens (tertiary/aromatic N) is 1. The predicted octanol–water partition coefficient (Wildman–Crippen LogP) is 5.06. The molecule has 36 heavy (non-hydrogen) atoms. The first kappa shape index (κ1) is 25.0. The molecule has 0 heterocycles. The Hall–Kier alpha value is -4.10. The molecule has 4 rings (SSSR count). The number of nitrogens with one attached hydrogen (secondary N) is 1. The number of carbonyl (C=O) groups is 1. The fraction of sp³-hybridized carbons (Fsp3) is 0.138.